The van der Waals surface area contributed by atoms with Crippen LogP contribution in [0.3, 0.4) is 0 Å². The van der Waals surface area contributed by atoms with Crippen LogP contribution in [-0.4, -0.2) is 21.7 Å². The Morgan fingerprint density at radius 2 is 2.22 bits per heavy atom. The number of rotatable bonds is 4. The molecule has 2 rings (SSSR count). The van der Waals surface area contributed by atoms with Gasteiger partial charge in [0, 0.05) is 24.7 Å². The molecule has 1 aromatic heterocycles. The van der Waals surface area contributed by atoms with Crippen molar-refractivity contribution in [2.24, 2.45) is 0 Å². The predicted octanol–water partition coefficient (Wildman–Crippen LogP) is 1.88. The third-order valence-corrected chi connectivity index (χ3v) is 2.76. The van der Waals surface area contributed by atoms with Gasteiger partial charge in [-0.1, -0.05) is 0 Å². The van der Waals surface area contributed by atoms with E-state index in [-0.39, 0.29) is 24.9 Å². The molecule has 1 N–H and O–H groups in total. The Morgan fingerprint density at radius 1 is 1.56 bits per heavy atom. The largest absolute Gasteiger partial charge is 0.435 e. The summed E-state index contributed by atoms with van der Waals surface area (Å²) in [5, 5.41) is 6.24. The third-order valence-electron chi connectivity index (χ3n) is 2.76. The fourth-order valence-electron chi connectivity index (χ4n) is 1.61. The zero-order valence-corrected chi connectivity index (χ0v) is 9.92. The van der Waals surface area contributed by atoms with Crippen LogP contribution in [0.5, 0.6) is 0 Å². The van der Waals surface area contributed by atoms with Gasteiger partial charge in [-0.25, -0.2) is 0 Å². The van der Waals surface area contributed by atoms with Crippen LogP contribution >= 0.6 is 0 Å². The lowest BCUT2D eigenvalue weighted by molar-refractivity contribution is -0.141. The molecule has 4 nitrogen and oxygen atoms in total. The average molecular weight is 261 g/mol. The quantitative estimate of drug-likeness (QED) is 0.899. The van der Waals surface area contributed by atoms with Gasteiger partial charge in [0.05, 0.1) is 0 Å². The molecule has 1 saturated carbocycles. The maximum absolute atomic E-state index is 12.4. The second-order valence-corrected chi connectivity index (χ2v) is 4.48. The molecule has 0 aliphatic heterocycles. The first kappa shape index (κ1) is 12.9. The molecule has 0 aromatic carbocycles. The van der Waals surface area contributed by atoms with Gasteiger partial charge in [0.1, 0.15) is 0 Å². The highest BCUT2D eigenvalue weighted by Gasteiger charge is 2.34. The molecular weight excluding hydrogens is 247 g/mol. The van der Waals surface area contributed by atoms with Crippen molar-refractivity contribution in [1.29, 1.82) is 0 Å². The Bertz CT molecular complexity index is 449. The summed E-state index contributed by atoms with van der Waals surface area (Å²) in [5.41, 5.74) is -0.510. The molecule has 100 valence electrons. The van der Waals surface area contributed by atoms with Crippen LogP contribution in [0.2, 0.25) is 0 Å². The minimum atomic E-state index is -4.44. The molecule has 1 heterocycles. The molecular formula is C11H14F3N3O. The molecule has 1 aromatic rings. The third kappa shape index (κ3) is 3.24. The van der Waals surface area contributed by atoms with E-state index in [9.17, 15) is 18.0 Å². The standard InChI is InChI=1S/C11H14F3N3O/c1-7-6-9(11(12,13)14)16-17(7)5-4-10(18)15-8-2-3-8/h6,8H,2-5H2,1H3,(H,15,18). The van der Waals surface area contributed by atoms with E-state index in [1.165, 1.54) is 4.68 Å². The van der Waals surface area contributed by atoms with Gasteiger partial charge in [0.2, 0.25) is 5.91 Å². The maximum Gasteiger partial charge on any atom is 0.435 e. The summed E-state index contributed by atoms with van der Waals surface area (Å²) in [6.45, 7) is 1.71. The molecule has 0 spiro atoms. The first-order valence-corrected chi connectivity index (χ1v) is 5.77. The van der Waals surface area contributed by atoms with Crippen molar-refractivity contribution < 1.29 is 18.0 Å². The molecule has 0 saturated heterocycles. The van der Waals surface area contributed by atoms with E-state index < -0.39 is 11.9 Å². The first-order chi connectivity index (χ1) is 8.36. The van der Waals surface area contributed by atoms with Crippen molar-refractivity contribution >= 4 is 5.91 Å². The number of halogens is 3. The van der Waals surface area contributed by atoms with E-state index in [1.807, 2.05) is 0 Å². The molecule has 7 heteroatoms. The summed E-state index contributed by atoms with van der Waals surface area (Å²) < 4.78 is 38.4. The topological polar surface area (TPSA) is 46.9 Å². The van der Waals surface area contributed by atoms with Crippen LogP contribution in [0.1, 0.15) is 30.7 Å². The van der Waals surface area contributed by atoms with Crippen LogP contribution in [0, 0.1) is 6.92 Å². The minimum Gasteiger partial charge on any atom is -0.353 e. The molecule has 1 aliphatic rings. The molecule has 0 atom stereocenters. The van der Waals surface area contributed by atoms with Crippen LogP contribution in [0.15, 0.2) is 6.07 Å². The lowest BCUT2D eigenvalue weighted by atomic mass is 10.3. The number of hydrogen-bond donors (Lipinski definition) is 1. The van der Waals surface area contributed by atoms with Gasteiger partial charge in [0.15, 0.2) is 5.69 Å². The van der Waals surface area contributed by atoms with Crippen LogP contribution in [-0.2, 0) is 17.5 Å². The first-order valence-electron chi connectivity index (χ1n) is 5.77. The number of aryl methyl sites for hydroxylation is 2. The van der Waals surface area contributed by atoms with Crippen molar-refractivity contribution in [3.63, 3.8) is 0 Å². The van der Waals surface area contributed by atoms with Gasteiger partial charge in [-0.2, -0.15) is 18.3 Å². The van der Waals surface area contributed by atoms with Gasteiger partial charge < -0.3 is 5.32 Å². The Kier molecular flexibility index (Phi) is 3.32. The monoisotopic (exact) mass is 261 g/mol. The summed E-state index contributed by atoms with van der Waals surface area (Å²) >= 11 is 0. The Morgan fingerprint density at radius 3 is 2.72 bits per heavy atom. The van der Waals surface area contributed by atoms with Crippen molar-refractivity contribution in [2.45, 2.75) is 44.9 Å². The minimum absolute atomic E-state index is 0.138. The number of alkyl halides is 3. The Labute approximate surface area is 102 Å². The summed E-state index contributed by atoms with van der Waals surface area (Å²) in [6.07, 6.45) is -2.31. The van der Waals surface area contributed by atoms with E-state index in [2.05, 4.69) is 10.4 Å². The Hall–Kier alpha value is -1.53. The van der Waals surface area contributed by atoms with Crippen LogP contribution in [0.4, 0.5) is 13.2 Å². The van der Waals surface area contributed by atoms with Crippen molar-refractivity contribution in [3.8, 4) is 0 Å². The highest BCUT2D eigenvalue weighted by molar-refractivity contribution is 5.76. The van der Waals surface area contributed by atoms with E-state index in [4.69, 9.17) is 0 Å². The van der Waals surface area contributed by atoms with Crippen LogP contribution in [0.25, 0.3) is 0 Å². The average Bonchev–Trinajstić information content (AvgIpc) is 2.96. The summed E-state index contributed by atoms with van der Waals surface area (Å²) in [7, 11) is 0. The number of hydrogen-bond acceptors (Lipinski definition) is 2. The number of carbonyl (C=O) groups excluding carboxylic acids is 1. The number of nitrogens with one attached hydrogen (secondary N) is 1. The maximum atomic E-state index is 12.4. The van der Waals surface area contributed by atoms with E-state index in [0.29, 0.717) is 5.69 Å². The molecule has 1 fully saturated rings. The summed E-state index contributed by atoms with van der Waals surface area (Å²) in [5.74, 6) is -0.138. The van der Waals surface area contributed by atoms with Crippen molar-refractivity contribution in [2.75, 3.05) is 0 Å². The fraction of sp³-hybridized carbons (Fsp3) is 0.636. The van der Waals surface area contributed by atoms with Crippen LogP contribution < -0.4 is 5.32 Å². The molecule has 1 aliphatic carbocycles. The second-order valence-electron chi connectivity index (χ2n) is 4.48. The van der Waals surface area contributed by atoms with Crippen molar-refractivity contribution in [1.82, 2.24) is 15.1 Å². The summed E-state index contributed by atoms with van der Waals surface area (Å²) in [6, 6.07) is 1.25. The van der Waals surface area contributed by atoms with Gasteiger partial charge in [-0.05, 0) is 25.8 Å². The number of nitrogens with zero attached hydrogens (tertiary/aromatic N) is 2. The van der Waals surface area contributed by atoms with E-state index >= 15 is 0 Å². The molecule has 0 bridgehead atoms. The SMILES string of the molecule is Cc1cc(C(F)(F)F)nn1CCC(=O)NC1CC1. The van der Waals surface area contributed by atoms with Gasteiger partial charge in [-0.15, -0.1) is 0 Å². The molecule has 1 amide bonds. The van der Waals surface area contributed by atoms with Gasteiger partial charge in [0.25, 0.3) is 0 Å². The Balaban J connectivity index is 1.92. The zero-order chi connectivity index (χ0) is 13.3. The molecule has 0 radical (unpaired) electrons. The predicted molar refractivity (Wildman–Crippen MR) is 57.7 cm³/mol. The lowest BCUT2D eigenvalue weighted by Gasteiger charge is -2.05. The molecule has 18 heavy (non-hydrogen) atoms. The van der Waals surface area contributed by atoms with Gasteiger partial charge in [-0.3, -0.25) is 9.48 Å². The highest BCUT2D eigenvalue weighted by Crippen LogP contribution is 2.28. The molecule has 0 unspecified atom stereocenters. The van der Waals surface area contributed by atoms with E-state index in [0.717, 1.165) is 18.9 Å². The normalized spacial score (nSPS) is 15.8. The second kappa shape index (κ2) is 4.62. The highest BCUT2D eigenvalue weighted by atomic mass is 19.4. The smallest absolute Gasteiger partial charge is 0.353 e. The lowest BCUT2D eigenvalue weighted by Crippen LogP contribution is -2.26. The van der Waals surface area contributed by atoms with E-state index in [1.54, 1.807) is 6.92 Å². The van der Waals surface area contributed by atoms with Crippen molar-refractivity contribution in [3.05, 3.63) is 17.5 Å². The summed E-state index contributed by atoms with van der Waals surface area (Å²) in [4.78, 5) is 11.4. The number of carbonyl (C=O) groups is 1. The number of amides is 1. The fourth-order valence-corrected chi connectivity index (χ4v) is 1.61. The van der Waals surface area contributed by atoms with Gasteiger partial charge >= 0.3 is 6.18 Å². The zero-order valence-electron chi connectivity index (χ0n) is 9.92. The number of aromatic nitrogens is 2.